The highest BCUT2D eigenvalue weighted by molar-refractivity contribution is 5.82. The molecule has 6 nitrogen and oxygen atoms in total. The first-order chi connectivity index (χ1) is 16.0. The Bertz CT molecular complexity index is 781. The molecule has 0 radical (unpaired) electrons. The van der Waals surface area contributed by atoms with Crippen LogP contribution in [-0.4, -0.2) is 76.4 Å². The molecular formula is C27H43N5O. The molecule has 3 saturated heterocycles. The number of hydrogen-bond donors (Lipinski definition) is 0. The van der Waals surface area contributed by atoms with E-state index in [0.29, 0.717) is 35.7 Å². The third-order valence-electron chi connectivity index (χ3n) is 9.08. The summed E-state index contributed by atoms with van der Waals surface area (Å²) in [7, 11) is 0. The Morgan fingerprint density at radius 1 is 0.909 bits per heavy atom. The zero-order valence-electron chi connectivity index (χ0n) is 21.0. The van der Waals surface area contributed by atoms with Crippen LogP contribution in [0.4, 0.5) is 5.95 Å². The number of ketones is 1. The van der Waals surface area contributed by atoms with E-state index in [1.54, 1.807) is 0 Å². The van der Waals surface area contributed by atoms with E-state index in [9.17, 15) is 4.79 Å². The molecule has 4 aliphatic rings. The number of nitrogens with zero attached hydrogens (tertiary/aromatic N) is 5. The standard InChI is InChI=1S/C27H43N5O/c1-4-30-17-24-9-10-25(18-30)32(24)27-28-15-22(16-29-27)20-11-13-31(14-12-20)23-7-5-21(6-8-23)26(33)19(2)3/h15-16,19-21,23-25H,4-14,17-18H2,1-3H3/t21-,23+,24?,25?. The van der Waals surface area contributed by atoms with Crippen LogP contribution in [0.25, 0.3) is 0 Å². The van der Waals surface area contributed by atoms with Crippen molar-refractivity contribution < 1.29 is 4.79 Å². The van der Waals surface area contributed by atoms with Gasteiger partial charge in [-0.15, -0.1) is 0 Å². The number of fused-ring (bicyclic) bond motifs is 2. The Morgan fingerprint density at radius 3 is 2.03 bits per heavy atom. The van der Waals surface area contributed by atoms with Gasteiger partial charge in [-0.25, -0.2) is 9.97 Å². The van der Waals surface area contributed by atoms with Crippen molar-refractivity contribution in [1.29, 1.82) is 0 Å². The summed E-state index contributed by atoms with van der Waals surface area (Å²) < 4.78 is 0. The lowest BCUT2D eigenvalue weighted by atomic mass is 9.79. The van der Waals surface area contributed by atoms with Gasteiger partial charge < -0.3 is 9.80 Å². The van der Waals surface area contributed by atoms with Gasteiger partial charge >= 0.3 is 0 Å². The van der Waals surface area contributed by atoms with E-state index < -0.39 is 0 Å². The van der Waals surface area contributed by atoms with Crippen molar-refractivity contribution in [2.45, 2.75) is 96.2 Å². The predicted molar refractivity (Wildman–Crippen MR) is 133 cm³/mol. The summed E-state index contributed by atoms with van der Waals surface area (Å²) in [5, 5.41) is 0. The zero-order valence-corrected chi connectivity index (χ0v) is 21.0. The van der Waals surface area contributed by atoms with E-state index in [0.717, 1.165) is 38.4 Å². The number of aromatic nitrogens is 2. The molecule has 2 unspecified atom stereocenters. The molecule has 6 heteroatoms. The van der Waals surface area contributed by atoms with Crippen LogP contribution >= 0.6 is 0 Å². The Balaban J connectivity index is 1.12. The van der Waals surface area contributed by atoms with Crippen LogP contribution in [0.5, 0.6) is 0 Å². The molecule has 3 aliphatic heterocycles. The summed E-state index contributed by atoms with van der Waals surface area (Å²) in [5.74, 6) is 2.52. The molecule has 1 aromatic rings. The Labute approximate surface area is 200 Å². The van der Waals surface area contributed by atoms with E-state index in [1.165, 1.54) is 57.2 Å². The first-order valence-electron chi connectivity index (χ1n) is 13.6. The van der Waals surface area contributed by atoms with Gasteiger partial charge in [0.25, 0.3) is 0 Å². The maximum absolute atomic E-state index is 12.3. The van der Waals surface area contributed by atoms with Crippen molar-refractivity contribution in [2.24, 2.45) is 11.8 Å². The monoisotopic (exact) mass is 453 g/mol. The second-order valence-corrected chi connectivity index (χ2v) is 11.3. The van der Waals surface area contributed by atoms with Crippen LogP contribution in [0.2, 0.25) is 0 Å². The molecule has 1 saturated carbocycles. The van der Waals surface area contributed by atoms with Crippen molar-refractivity contribution in [3.05, 3.63) is 18.0 Å². The fourth-order valence-electron chi connectivity index (χ4n) is 7.05. The summed E-state index contributed by atoms with van der Waals surface area (Å²) in [4.78, 5) is 29.9. The zero-order chi connectivity index (χ0) is 22.9. The van der Waals surface area contributed by atoms with Crippen LogP contribution in [0, 0.1) is 11.8 Å². The van der Waals surface area contributed by atoms with Crippen LogP contribution < -0.4 is 4.90 Å². The average Bonchev–Trinajstić information content (AvgIpc) is 3.13. The molecule has 2 atom stereocenters. The van der Waals surface area contributed by atoms with E-state index in [2.05, 4.69) is 34.0 Å². The van der Waals surface area contributed by atoms with Gasteiger partial charge in [-0.1, -0.05) is 20.8 Å². The van der Waals surface area contributed by atoms with Crippen molar-refractivity contribution >= 4 is 11.7 Å². The van der Waals surface area contributed by atoms with Crippen molar-refractivity contribution in [1.82, 2.24) is 19.8 Å². The lowest BCUT2D eigenvalue weighted by Crippen LogP contribution is -2.54. The van der Waals surface area contributed by atoms with Gasteiger partial charge in [0.2, 0.25) is 5.95 Å². The van der Waals surface area contributed by atoms with E-state index in [1.807, 2.05) is 13.8 Å². The minimum atomic E-state index is 0.187. The highest BCUT2D eigenvalue weighted by Gasteiger charge is 2.41. The first kappa shape index (κ1) is 23.2. The molecule has 4 heterocycles. The highest BCUT2D eigenvalue weighted by Crippen LogP contribution is 2.36. The van der Waals surface area contributed by atoms with Gasteiger partial charge in [-0.2, -0.15) is 0 Å². The Morgan fingerprint density at radius 2 is 1.48 bits per heavy atom. The number of Topliss-reactive ketones (excluding diaryl/α,β-unsaturated/α-hetero) is 1. The molecule has 0 spiro atoms. The minimum absolute atomic E-state index is 0.187. The van der Waals surface area contributed by atoms with Gasteiger partial charge in [-0.05, 0) is 82.5 Å². The normalized spacial score (nSPS) is 31.9. The van der Waals surface area contributed by atoms with Gasteiger partial charge in [0.05, 0.1) is 0 Å². The third kappa shape index (κ3) is 4.84. The molecule has 2 bridgehead atoms. The third-order valence-corrected chi connectivity index (χ3v) is 9.08. The molecule has 182 valence electrons. The molecule has 33 heavy (non-hydrogen) atoms. The first-order valence-corrected chi connectivity index (χ1v) is 13.6. The fourth-order valence-corrected chi connectivity index (χ4v) is 7.05. The second kappa shape index (κ2) is 9.99. The maximum Gasteiger partial charge on any atom is 0.225 e. The quantitative estimate of drug-likeness (QED) is 0.646. The number of carbonyl (C=O) groups excluding carboxylic acids is 1. The van der Waals surface area contributed by atoms with Gasteiger partial charge in [0.1, 0.15) is 5.78 Å². The lowest BCUT2D eigenvalue weighted by Gasteiger charge is -2.41. The Hall–Kier alpha value is -1.53. The highest BCUT2D eigenvalue weighted by atomic mass is 16.1. The molecule has 4 fully saturated rings. The van der Waals surface area contributed by atoms with E-state index in [-0.39, 0.29) is 5.92 Å². The van der Waals surface area contributed by atoms with E-state index >= 15 is 0 Å². The summed E-state index contributed by atoms with van der Waals surface area (Å²) in [6.45, 7) is 12.2. The molecule has 0 aromatic carbocycles. The number of anilines is 1. The van der Waals surface area contributed by atoms with Gasteiger partial charge in [0.15, 0.2) is 0 Å². The number of piperazine rings is 1. The maximum atomic E-state index is 12.3. The van der Waals surface area contributed by atoms with Crippen LogP contribution in [0.15, 0.2) is 12.4 Å². The summed E-state index contributed by atoms with van der Waals surface area (Å²) in [6, 6.07) is 1.85. The topological polar surface area (TPSA) is 52.6 Å². The Kier molecular flexibility index (Phi) is 7.03. The van der Waals surface area contributed by atoms with Crippen LogP contribution in [-0.2, 0) is 4.79 Å². The number of likely N-dealkylation sites (tertiary alicyclic amines) is 2. The minimum Gasteiger partial charge on any atom is -0.332 e. The van der Waals surface area contributed by atoms with Crippen LogP contribution in [0.3, 0.4) is 0 Å². The molecular weight excluding hydrogens is 410 g/mol. The predicted octanol–water partition coefficient (Wildman–Crippen LogP) is 4.11. The van der Waals surface area contributed by atoms with Crippen molar-refractivity contribution in [2.75, 3.05) is 37.6 Å². The number of rotatable bonds is 6. The SMILES string of the molecule is CCN1CC2CCC(C1)N2c1ncc(C2CCN([C@H]3CC[C@@H](C(=O)C(C)C)CC3)CC2)cn1. The number of likely N-dealkylation sites (N-methyl/N-ethyl adjacent to an activating group) is 1. The molecule has 1 aliphatic carbocycles. The van der Waals surface area contributed by atoms with E-state index in [4.69, 9.17) is 9.97 Å². The number of hydrogen-bond acceptors (Lipinski definition) is 6. The summed E-state index contributed by atoms with van der Waals surface area (Å²) in [6.07, 6.45) is 13.8. The number of piperidine rings is 1. The average molecular weight is 454 g/mol. The molecule has 0 amide bonds. The summed E-state index contributed by atoms with van der Waals surface area (Å²) in [5.41, 5.74) is 1.32. The van der Waals surface area contributed by atoms with Crippen molar-refractivity contribution in [3.63, 3.8) is 0 Å². The summed E-state index contributed by atoms with van der Waals surface area (Å²) >= 11 is 0. The van der Waals surface area contributed by atoms with Crippen molar-refractivity contribution in [3.8, 4) is 0 Å². The molecule has 1 aromatic heterocycles. The smallest absolute Gasteiger partial charge is 0.225 e. The lowest BCUT2D eigenvalue weighted by molar-refractivity contribution is -0.127. The number of carbonyl (C=O) groups is 1. The van der Waals surface area contributed by atoms with Crippen LogP contribution in [0.1, 0.15) is 83.6 Å². The largest absolute Gasteiger partial charge is 0.332 e. The molecule has 5 rings (SSSR count). The fraction of sp³-hybridized carbons (Fsp3) is 0.815. The molecule has 0 N–H and O–H groups in total. The second-order valence-electron chi connectivity index (χ2n) is 11.3. The van der Waals surface area contributed by atoms with Gasteiger partial charge in [-0.3, -0.25) is 9.69 Å². The van der Waals surface area contributed by atoms with Gasteiger partial charge in [0, 0.05) is 55.4 Å².